The Balaban J connectivity index is 1.53. The number of Topliss-reactive ketones (excluding diaryl/α,β-unsaturated/α-hetero) is 2. The van der Waals surface area contributed by atoms with Gasteiger partial charge in [0, 0.05) is 12.5 Å². The largest absolute Gasteiger partial charge is 0.485 e. The van der Waals surface area contributed by atoms with Crippen molar-refractivity contribution >= 4 is 23.6 Å². The molecule has 0 aliphatic carbocycles. The highest BCUT2D eigenvalue weighted by molar-refractivity contribution is 5.96. The van der Waals surface area contributed by atoms with E-state index < -0.39 is 5.97 Å². The maximum Gasteiger partial charge on any atom is 0.336 e. The van der Waals surface area contributed by atoms with Crippen molar-refractivity contribution in [1.29, 1.82) is 0 Å². The molecule has 0 aliphatic rings. The van der Waals surface area contributed by atoms with Gasteiger partial charge in [0.25, 0.3) is 0 Å². The Morgan fingerprint density at radius 1 is 0.722 bits per heavy atom. The highest BCUT2D eigenvalue weighted by Crippen LogP contribution is 2.23. The molecule has 0 bridgehead atoms. The molecule has 5 heteroatoms. The second kappa shape index (κ2) is 12.3. The summed E-state index contributed by atoms with van der Waals surface area (Å²) in [5, 5.41) is 0. The van der Waals surface area contributed by atoms with Crippen LogP contribution in [0.4, 0.5) is 0 Å². The number of ether oxygens (including phenoxy) is 2. The Hall–Kier alpha value is -4.51. The molecule has 0 saturated carbocycles. The molecule has 0 heterocycles. The fraction of sp³-hybridized carbons (Fsp3) is 0.129. The molecule has 0 aromatic heterocycles. The average Bonchev–Trinajstić information content (AvgIpc) is 2.87. The summed E-state index contributed by atoms with van der Waals surface area (Å²) in [6, 6.07) is 22.0. The highest BCUT2D eigenvalue weighted by Gasteiger charge is 2.07. The van der Waals surface area contributed by atoms with Crippen LogP contribution >= 0.6 is 0 Å². The van der Waals surface area contributed by atoms with Crippen LogP contribution in [0.25, 0.3) is 17.2 Å². The fourth-order valence-corrected chi connectivity index (χ4v) is 3.13. The van der Waals surface area contributed by atoms with Gasteiger partial charge in [-0.25, -0.2) is 4.79 Å². The molecule has 0 fully saturated rings. The van der Waals surface area contributed by atoms with Gasteiger partial charge in [-0.05, 0) is 77.6 Å². The number of rotatable bonds is 11. The first-order chi connectivity index (χ1) is 17.2. The molecular formula is C31H28O5. The van der Waals surface area contributed by atoms with E-state index in [0.29, 0.717) is 22.6 Å². The predicted molar refractivity (Wildman–Crippen MR) is 142 cm³/mol. The molecule has 5 nitrogen and oxygen atoms in total. The number of benzene rings is 3. The van der Waals surface area contributed by atoms with Crippen LogP contribution in [0, 0.1) is 0 Å². The van der Waals surface area contributed by atoms with Gasteiger partial charge in [-0.2, -0.15) is 0 Å². The lowest BCUT2D eigenvalue weighted by molar-refractivity contribution is -0.129. The maximum absolute atomic E-state index is 12.2. The van der Waals surface area contributed by atoms with Crippen LogP contribution in [0.1, 0.15) is 25.0 Å². The van der Waals surface area contributed by atoms with Crippen LogP contribution in [0.3, 0.4) is 0 Å². The molecule has 3 aromatic carbocycles. The standard InChI is InChI=1S/C31H28O5/c1-21(2)29(32)19-24-7-14-28(15-8-24)36-31(34)18-9-23-5-10-25(11-6-23)26-12-16-27(17-13-26)35-20-30(33)22(3)4/h5-18H,1,3,19-20H2,2,4H3/b18-9+. The van der Waals surface area contributed by atoms with Gasteiger partial charge in [0.2, 0.25) is 0 Å². The smallest absolute Gasteiger partial charge is 0.336 e. The summed E-state index contributed by atoms with van der Waals surface area (Å²) in [6.45, 7) is 10.6. The van der Waals surface area contributed by atoms with E-state index in [2.05, 4.69) is 13.2 Å². The molecule has 0 saturated heterocycles. The van der Waals surface area contributed by atoms with Crippen molar-refractivity contribution in [3.05, 3.63) is 114 Å². The molecule has 36 heavy (non-hydrogen) atoms. The summed E-state index contributed by atoms with van der Waals surface area (Å²) in [5.41, 5.74) is 4.67. The molecule has 182 valence electrons. The first-order valence-electron chi connectivity index (χ1n) is 11.4. The quantitative estimate of drug-likeness (QED) is 0.186. The maximum atomic E-state index is 12.2. The second-order valence-corrected chi connectivity index (χ2v) is 8.42. The van der Waals surface area contributed by atoms with Gasteiger partial charge in [-0.1, -0.05) is 61.7 Å². The van der Waals surface area contributed by atoms with Gasteiger partial charge in [0.15, 0.2) is 18.2 Å². The van der Waals surface area contributed by atoms with E-state index in [-0.39, 0.29) is 24.6 Å². The van der Waals surface area contributed by atoms with Crippen LogP contribution in [0.5, 0.6) is 11.5 Å². The fourth-order valence-electron chi connectivity index (χ4n) is 3.13. The molecular weight excluding hydrogens is 452 g/mol. The van der Waals surface area contributed by atoms with E-state index in [1.165, 1.54) is 6.08 Å². The summed E-state index contributed by atoms with van der Waals surface area (Å²) in [5.74, 6) is 0.373. The zero-order valence-corrected chi connectivity index (χ0v) is 20.5. The van der Waals surface area contributed by atoms with Crippen LogP contribution in [-0.4, -0.2) is 24.1 Å². The molecule has 0 aliphatic heterocycles. The van der Waals surface area contributed by atoms with E-state index in [0.717, 1.165) is 22.3 Å². The molecule has 0 spiro atoms. The molecule has 0 amide bonds. The minimum Gasteiger partial charge on any atom is -0.485 e. The minimum absolute atomic E-state index is 0.0215. The van der Waals surface area contributed by atoms with Gasteiger partial charge >= 0.3 is 5.97 Å². The van der Waals surface area contributed by atoms with Gasteiger partial charge in [-0.3, -0.25) is 9.59 Å². The number of hydrogen-bond donors (Lipinski definition) is 0. The van der Waals surface area contributed by atoms with Gasteiger partial charge in [-0.15, -0.1) is 0 Å². The Morgan fingerprint density at radius 3 is 1.81 bits per heavy atom. The van der Waals surface area contributed by atoms with Gasteiger partial charge in [0.1, 0.15) is 11.5 Å². The van der Waals surface area contributed by atoms with Crippen LogP contribution < -0.4 is 9.47 Å². The van der Waals surface area contributed by atoms with E-state index in [1.807, 2.05) is 48.5 Å². The molecule has 0 unspecified atom stereocenters. The lowest BCUT2D eigenvalue weighted by Crippen LogP contribution is -2.11. The third-order valence-corrected chi connectivity index (χ3v) is 5.34. The van der Waals surface area contributed by atoms with Crippen LogP contribution in [0.2, 0.25) is 0 Å². The van der Waals surface area contributed by atoms with Crippen molar-refractivity contribution in [3.8, 4) is 22.6 Å². The van der Waals surface area contributed by atoms with E-state index in [9.17, 15) is 14.4 Å². The first-order valence-corrected chi connectivity index (χ1v) is 11.4. The summed E-state index contributed by atoms with van der Waals surface area (Å²) in [7, 11) is 0. The second-order valence-electron chi connectivity index (χ2n) is 8.42. The molecule has 0 N–H and O–H groups in total. The van der Waals surface area contributed by atoms with Crippen molar-refractivity contribution < 1.29 is 23.9 Å². The zero-order valence-electron chi connectivity index (χ0n) is 20.5. The molecule has 3 aromatic rings. The summed E-state index contributed by atoms with van der Waals surface area (Å²) in [4.78, 5) is 35.6. The van der Waals surface area contributed by atoms with Crippen molar-refractivity contribution in [2.45, 2.75) is 20.3 Å². The Bertz CT molecular complexity index is 1290. The monoisotopic (exact) mass is 480 g/mol. The minimum atomic E-state index is -0.495. The first kappa shape index (κ1) is 26.1. The van der Waals surface area contributed by atoms with E-state index in [1.54, 1.807) is 44.2 Å². The van der Waals surface area contributed by atoms with Crippen LogP contribution in [0.15, 0.2) is 103 Å². The van der Waals surface area contributed by atoms with E-state index in [4.69, 9.17) is 9.47 Å². The van der Waals surface area contributed by atoms with Crippen molar-refractivity contribution in [2.24, 2.45) is 0 Å². The lowest BCUT2D eigenvalue weighted by Gasteiger charge is -2.07. The SMILES string of the molecule is C=C(C)C(=O)COc1ccc(-c2ccc(/C=C/C(=O)Oc3ccc(CC(=O)C(=C)C)cc3)cc2)cc1. The third-order valence-electron chi connectivity index (χ3n) is 5.34. The number of carbonyl (C=O) groups is 3. The number of carbonyl (C=O) groups excluding carboxylic acids is 3. The average molecular weight is 481 g/mol. The normalized spacial score (nSPS) is 10.6. The predicted octanol–water partition coefficient (Wildman–Crippen LogP) is 6.18. The van der Waals surface area contributed by atoms with Gasteiger partial charge in [0.05, 0.1) is 0 Å². The van der Waals surface area contributed by atoms with Gasteiger partial charge < -0.3 is 9.47 Å². The number of ketones is 2. The van der Waals surface area contributed by atoms with Crippen molar-refractivity contribution in [2.75, 3.05) is 6.61 Å². The Kier molecular flexibility index (Phi) is 8.89. The molecule has 0 atom stereocenters. The Labute approximate surface area is 211 Å². The third kappa shape index (κ3) is 7.77. The number of allylic oxidation sites excluding steroid dienone is 1. The highest BCUT2D eigenvalue weighted by atomic mass is 16.5. The van der Waals surface area contributed by atoms with E-state index >= 15 is 0 Å². The molecule has 0 radical (unpaired) electrons. The summed E-state index contributed by atoms with van der Waals surface area (Å²) >= 11 is 0. The van der Waals surface area contributed by atoms with Crippen molar-refractivity contribution in [1.82, 2.24) is 0 Å². The number of esters is 1. The Morgan fingerprint density at radius 2 is 1.25 bits per heavy atom. The summed E-state index contributed by atoms with van der Waals surface area (Å²) < 4.78 is 10.8. The lowest BCUT2D eigenvalue weighted by atomic mass is 10.0. The topological polar surface area (TPSA) is 69.7 Å². The molecule has 3 rings (SSSR count). The van der Waals surface area contributed by atoms with Crippen LogP contribution in [-0.2, 0) is 20.8 Å². The number of hydrogen-bond acceptors (Lipinski definition) is 5. The van der Waals surface area contributed by atoms with Crippen molar-refractivity contribution in [3.63, 3.8) is 0 Å². The summed E-state index contributed by atoms with van der Waals surface area (Å²) in [6.07, 6.45) is 3.32. The zero-order chi connectivity index (χ0) is 26.1.